The number of hydrazine groups is 1. The van der Waals surface area contributed by atoms with E-state index >= 15 is 0 Å². The van der Waals surface area contributed by atoms with E-state index in [-0.39, 0.29) is 18.1 Å². The second kappa shape index (κ2) is 9.31. The van der Waals surface area contributed by atoms with Gasteiger partial charge in [-0.25, -0.2) is 0 Å². The molecule has 0 fully saturated rings. The Morgan fingerprint density at radius 3 is 2.48 bits per heavy atom. The molecule has 3 aromatic carbocycles. The zero-order chi connectivity index (χ0) is 21.3. The minimum absolute atomic E-state index is 0. The maximum Gasteiger partial charge on any atom is 0.269 e. The molecular formula is C21H18BrClN6O2. The molecule has 0 unspecified atom stereocenters. The summed E-state index contributed by atoms with van der Waals surface area (Å²) < 4.78 is 0.758. The smallest absolute Gasteiger partial charge is 0.269 e. The first kappa shape index (κ1) is 22.5. The first-order valence-electron chi connectivity index (χ1n) is 9.41. The van der Waals surface area contributed by atoms with E-state index in [4.69, 9.17) is 5.10 Å². The molecule has 0 saturated heterocycles. The van der Waals surface area contributed by atoms with Gasteiger partial charge in [0.25, 0.3) is 5.69 Å². The van der Waals surface area contributed by atoms with Crippen LogP contribution in [-0.2, 0) is 0 Å². The third-order valence-corrected chi connectivity index (χ3v) is 5.42. The van der Waals surface area contributed by atoms with Crippen LogP contribution in [0.1, 0.15) is 25.3 Å². The van der Waals surface area contributed by atoms with Gasteiger partial charge in [0.05, 0.1) is 26.7 Å². The van der Waals surface area contributed by atoms with Crippen molar-refractivity contribution in [2.75, 3.05) is 10.2 Å². The van der Waals surface area contributed by atoms with E-state index in [1.165, 1.54) is 12.1 Å². The molecule has 31 heavy (non-hydrogen) atoms. The first-order chi connectivity index (χ1) is 14.5. The number of hydrogen-bond donors (Lipinski definition) is 1. The highest BCUT2D eigenvalue weighted by Gasteiger charge is 2.33. The Balaban J connectivity index is 0.00000272. The van der Waals surface area contributed by atoms with Crippen LogP contribution >= 0.6 is 15.9 Å². The van der Waals surface area contributed by atoms with Crippen LogP contribution in [-0.4, -0.2) is 10.8 Å². The van der Waals surface area contributed by atoms with Crippen molar-refractivity contribution >= 4 is 49.6 Å². The second-order valence-corrected chi connectivity index (χ2v) is 7.64. The van der Waals surface area contributed by atoms with Gasteiger partial charge in [-0.05, 0) is 40.5 Å². The monoisotopic (exact) mass is 500 g/mol. The van der Waals surface area contributed by atoms with Gasteiger partial charge in [-0.1, -0.05) is 36.3 Å². The molecule has 1 aliphatic heterocycles. The Morgan fingerprint density at radius 1 is 1.19 bits per heavy atom. The standard InChI is InChI=1S/C21H17BrN6O2.ClH/c1-2-5-20-24-26(15-8-10-16(11-9-15)28(29)30)27(25-20)21-18-7-4-3-6-17(18)14(13-23)12-19(21)22;/h3-4,6-12H,2,5H2,1H3,(H,24,25);1H. The molecule has 0 bridgehead atoms. The van der Waals surface area contributed by atoms with E-state index < -0.39 is 4.92 Å². The lowest BCUT2D eigenvalue weighted by Gasteiger charge is -2.26. The number of nitro groups is 1. The molecule has 1 heterocycles. The number of hydrogen-bond acceptors (Lipinski definition) is 6. The van der Waals surface area contributed by atoms with Crippen LogP contribution in [0.5, 0.6) is 0 Å². The molecule has 0 spiro atoms. The average molecular weight is 502 g/mol. The lowest BCUT2D eigenvalue weighted by atomic mass is 10.0. The van der Waals surface area contributed by atoms with E-state index in [0.29, 0.717) is 11.3 Å². The molecule has 0 amide bonds. The highest BCUT2D eigenvalue weighted by Crippen LogP contribution is 2.37. The van der Waals surface area contributed by atoms with E-state index in [1.807, 2.05) is 34.8 Å². The SMILES string of the molecule is CCCC1=NN(c2ccc([N+](=O)[O-])cc2)N(c2c(Br)cc(C#N)c3ccccc23)[NH2+]1.[Cl-]. The summed E-state index contributed by atoms with van der Waals surface area (Å²) in [5.41, 5.74) is 4.11. The Morgan fingerprint density at radius 2 is 1.87 bits per heavy atom. The van der Waals surface area contributed by atoms with Crippen LogP contribution < -0.4 is 28.1 Å². The minimum Gasteiger partial charge on any atom is -1.00 e. The summed E-state index contributed by atoms with van der Waals surface area (Å²) in [7, 11) is 0. The maximum absolute atomic E-state index is 11.0. The number of quaternary nitrogens is 1. The van der Waals surface area contributed by atoms with Crippen molar-refractivity contribution in [3.8, 4) is 6.07 Å². The third-order valence-electron chi connectivity index (χ3n) is 4.82. The summed E-state index contributed by atoms with van der Waals surface area (Å²) in [6, 6.07) is 18.1. The fourth-order valence-electron chi connectivity index (χ4n) is 3.46. The Kier molecular flexibility index (Phi) is 6.75. The lowest BCUT2D eigenvalue weighted by Crippen LogP contribution is -3.00. The number of amidine groups is 1. The summed E-state index contributed by atoms with van der Waals surface area (Å²) in [5, 5.41) is 30.7. The zero-order valence-electron chi connectivity index (χ0n) is 16.5. The van der Waals surface area contributed by atoms with Crippen LogP contribution in [0.4, 0.5) is 17.1 Å². The van der Waals surface area contributed by atoms with Gasteiger partial charge in [0.1, 0.15) is 5.69 Å². The Labute approximate surface area is 193 Å². The second-order valence-electron chi connectivity index (χ2n) is 6.79. The molecule has 1 aliphatic rings. The molecule has 0 saturated carbocycles. The number of anilines is 2. The summed E-state index contributed by atoms with van der Waals surface area (Å²) in [4.78, 5) is 10.6. The molecular weight excluding hydrogens is 484 g/mol. The van der Waals surface area contributed by atoms with Crippen molar-refractivity contribution in [3.05, 3.63) is 74.7 Å². The number of nitro benzene ring substituents is 1. The molecule has 4 rings (SSSR count). The first-order valence-corrected chi connectivity index (χ1v) is 10.2. The van der Waals surface area contributed by atoms with Gasteiger partial charge >= 0.3 is 0 Å². The number of fused-ring (bicyclic) bond motifs is 1. The van der Waals surface area contributed by atoms with Crippen LogP contribution in [0.25, 0.3) is 10.8 Å². The van der Waals surface area contributed by atoms with Gasteiger partial charge < -0.3 is 12.4 Å². The van der Waals surface area contributed by atoms with E-state index in [0.717, 1.165) is 39.6 Å². The van der Waals surface area contributed by atoms with Crippen molar-refractivity contribution in [1.82, 2.24) is 0 Å². The number of nitrogens with two attached hydrogens (primary N) is 1. The highest BCUT2D eigenvalue weighted by atomic mass is 79.9. The van der Waals surface area contributed by atoms with Crippen molar-refractivity contribution in [3.63, 3.8) is 0 Å². The van der Waals surface area contributed by atoms with Crippen LogP contribution in [0.2, 0.25) is 0 Å². The number of rotatable bonds is 5. The Hall–Kier alpha value is -3.19. The summed E-state index contributed by atoms with van der Waals surface area (Å²) >= 11 is 3.63. The quantitative estimate of drug-likeness (QED) is 0.322. The zero-order valence-corrected chi connectivity index (χ0v) is 18.8. The fourth-order valence-corrected chi connectivity index (χ4v) is 4.09. The van der Waals surface area contributed by atoms with E-state index in [2.05, 4.69) is 28.9 Å². The van der Waals surface area contributed by atoms with Crippen molar-refractivity contribution in [2.45, 2.75) is 19.8 Å². The summed E-state index contributed by atoms with van der Waals surface area (Å²) in [6.45, 7) is 2.09. The van der Waals surface area contributed by atoms with Gasteiger partial charge in [-0.2, -0.15) is 10.7 Å². The highest BCUT2D eigenvalue weighted by molar-refractivity contribution is 9.10. The van der Waals surface area contributed by atoms with Gasteiger partial charge in [0.2, 0.25) is 5.84 Å². The number of nitriles is 1. The number of hydrazone groups is 1. The summed E-state index contributed by atoms with van der Waals surface area (Å²) in [5.74, 6) is 0.899. The van der Waals surface area contributed by atoms with Gasteiger partial charge in [0.15, 0.2) is 0 Å². The normalized spacial score (nSPS) is 13.0. The number of non-ortho nitro benzene ring substituents is 1. The van der Waals surface area contributed by atoms with E-state index in [9.17, 15) is 15.4 Å². The predicted octanol–water partition coefficient (Wildman–Crippen LogP) is 1.22. The number of benzene rings is 3. The minimum atomic E-state index is -0.422. The lowest BCUT2D eigenvalue weighted by molar-refractivity contribution is -0.548. The predicted molar refractivity (Wildman–Crippen MR) is 119 cm³/mol. The van der Waals surface area contributed by atoms with E-state index in [1.54, 1.807) is 23.3 Å². The van der Waals surface area contributed by atoms with Crippen molar-refractivity contribution in [2.24, 2.45) is 5.10 Å². The molecule has 3 aromatic rings. The molecule has 0 aromatic heterocycles. The molecule has 2 N–H and O–H groups in total. The van der Waals surface area contributed by atoms with Gasteiger partial charge in [-0.15, -0.1) is 10.2 Å². The Bertz CT molecular complexity index is 1210. The maximum atomic E-state index is 11.0. The molecule has 10 heteroatoms. The molecule has 0 atom stereocenters. The van der Waals surface area contributed by atoms with Crippen molar-refractivity contribution < 1.29 is 22.8 Å². The van der Waals surface area contributed by atoms with Crippen LogP contribution in [0, 0.1) is 21.4 Å². The topological polar surface area (TPSA) is 102 Å². The molecule has 8 nitrogen and oxygen atoms in total. The molecule has 0 radical (unpaired) electrons. The molecule has 158 valence electrons. The van der Waals surface area contributed by atoms with Crippen LogP contribution in [0.3, 0.4) is 0 Å². The number of nitrogens with zero attached hydrogens (tertiary/aromatic N) is 5. The molecule has 0 aliphatic carbocycles. The van der Waals surface area contributed by atoms with Crippen LogP contribution in [0.15, 0.2) is 64.2 Å². The fraction of sp³-hybridized carbons (Fsp3) is 0.143. The van der Waals surface area contributed by atoms with Crippen molar-refractivity contribution in [1.29, 1.82) is 5.26 Å². The number of halogens is 2. The third kappa shape index (κ3) is 4.18. The van der Waals surface area contributed by atoms with Gasteiger partial charge in [0, 0.05) is 29.3 Å². The summed E-state index contributed by atoms with van der Waals surface area (Å²) in [6.07, 6.45) is 1.73. The average Bonchev–Trinajstić information content (AvgIpc) is 3.16. The van der Waals surface area contributed by atoms with Gasteiger partial charge in [-0.3, -0.25) is 10.1 Å². The largest absolute Gasteiger partial charge is 1.00 e.